The Labute approximate surface area is 139 Å². The minimum absolute atomic E-state index is 0.263. The zero-order chi connectivity index (χ0) is 16.1. The third-order valence-electron chi connectivity index (χ3n) is 3.26. The summed E-state index contributed by atoms with van der Waals surface area (Å²) in [7, 11) is 0. The number of hydrogen-bond donors (Lipinski definition) is 2. The Balaban J connectivity index is 2.01. The second-order valence-corrected chi connectivity index (χ2v) is 5.85. The average Bonchev–Trinajstić information content (AvgIpc) is 2.90. The lowest BCUT2D eigenvalue weighted by Crippen LogP contribution is -2.35. The molecule has 0 fully saturated rings. The molecule has 0 amide bonds. The largest absolute Gasteiger partial charge is 0.360 e. The maximum Gasteiger partial charge on any atom is 0.171 e. The molecular formula is C15H18ClFN4S. The van der Waals surface area contributed by atoms with E-state index in [1.165, 1.54) is 6.07 Å². The molecule has 0 radical (unpaired) electrons. The van der Waals surface area contributed by atoms with E-state index < -0.39 is 0 Å². The molecule has 1 aromatic carbocycles. The molecule has 0 aliphatic heterocycles. The maximum absolute atomic E-state index is 13.8. The van der Waals surface area contributed by atoms with Crippen molar-refractivity contribution in [1.29, 1.82) is 0 Å². The van der Waals surface area contributed by atoms with Gasteiger partial charge in [-0.15, -0.1) is 0 Å². The van der Waals surface area contributed by atoms with Crippen molar-refractivity contribution in [3.63, 3.8) is 0 Å². The third kappa shape index (κ3) is 4.42. The van der Waals surface area contributed by atoms with Gasteiger partial charge in [-0.05, 0) is 37.7 Å². The topological polar surface area (TPSA) is 41.9 Å². The lowest BCUT2D eigenvalue weighted by atomic mass is 10.2. The van der Waals surface area contributed by atoms with Crippen LogP contribution < -0.4 is 10.6 Å². The molecule has 1 aromatic heterocycles. The van der Waals surface area contributed by atoms with Crippen molar-refractivity contribution in [2.75, 3.05) is 5.32 Å². The smallest absolute Gasteiger partial charge is 0.171 e. The molecule has 2 N–H and O–H groups in total. The van der Waals surface area contributed by atoms with Crippen LogP contribution in [0.5, 0.6) is 0 Å². The number of nitrogens with one attached hydrogen (secondary N) is 2. The predicted octanol–water partition coefficient (Wildman–Crippen LogP) is 3.81. The van der Waals surface area contributed by atoms with Gasteiger partial charge < -0.3 is 10.6 Å². The molecule has 1 unspecified atom stereocenters. The van der Waals surface area contributed by atoms with Crippen molar-refractivity contribution in [3.05, 3.63) is 47.0 Å². The van der Waals surface area contributed by atoms with E-state index in [9.17, 15) is 4.39 Å². The lowest BCUT2D eigenvalue weighted by molar-refractivity contribution is 0.585. The number of rotatable bonds is 5. The molecule has 4 nitrogen and oxygen atoms in total. The van der Waals surface area contributed by atoms with Crippen molar-refractivity contribution < 1.29 is 4.39 Å². The number of aromatic nitrogens is 2. The molecular weight excluding hydrogens is 323 g/mol. The van der Waals surface area contributed by atoms with Crippen LogP contribution >= 0.6 is 23.8 Å². The van der Waals surface area contributed by atoms with E-state index >= 15 is 0 Å². The Morgan fingerprint density at radius 1 is 1.50 bits per heavy atom. The fraction of sp³-hybridized carbons (Fsp3) is 0.333. The summed E-state index contributed by atoms with van der Waals surface area (Å²) in [6.07, 6.45) is 4.37. The second kappa shape index (κ2) is 7.56. The third-order valence-corrected chi connectivity index (χ3v) is 3.84. The summed E-state index contributed by atoms with van der Waals surface area (Å²) in [4.78, 5) is 0. The Bertz CT molecular complexity index is 638. The number of halogens is 2. The van der Waals surface area contributed by atoms with Crippen LogP contribution in [0.25, 0.3) is 0 Å². The van der Waals surface area contributed by atoms with Gasteiger partial charge in [0, 0.05) is 22.8 Å². The summed E-state index contributed by atoms with van der Waals surface area (Å²) in [5.41, 5.74) is 1.16. The van der Waals surface area contributed by atoms with E-state index in [1.54, 1.807) is 29.2 Å². The zero-order valence-electron chi connectivity index (χ0n) is 12.4. The van der Waals surface area contributed by atoms with E-state index in [-0.39, 0.29) is 12.4 Å². The predicted molar refractivity (Wildman–Crippen MR) is 91.8 cm³/mol. The van der Waals surface area contributed by atoms with Crippen LogP contribution in [0.2, 0.25) is 5.02 Å². The maximum atomic E-state index is 13.8. The monoisotopic (exact) mass is 340 g/mol. The number of nitrogens with zero attached hydrogens (tertiary/aromatic N) is 2. The first-order valence-electron chi connectivity index (χ1n) is 7.02. The van der Waals surface area contributed by atoms with Gasteiger partial charge in [0.2, 0.25) is 0 Å². The normalized spacial score (nSPS) is 12.0. The minimum Gasteiger partial charge on any atom is -0.360 e. The van der Waals surface area contributed by atoms with Crippen LogP contribution in [0.15, 0.2) is 30.6 Å². The molecule has 1 heterocycles. The van der Waals surface area contributed by atoms with Crippen molar-refractivity contribution in [2.24, 2.45) is 0 Å². The van der Waals surface area contributed by atoms with Crippen molar-refractivity contribution in [3.8, 4) is 0 Å². The molecule has 0 saturated carbocycles. The molecule has 0 spiro atoms. The second-order valence-electron chi connectivity index (χ2n) is 5.03. The summed E-state index contributed by atoms with van der Waals surface area (Å²) < 4.78 is 15.4. The van der Waals surface area contributed by atoms with Crippen LogP contribution in [0.1, 0.15) is 25.8 Å². The number of anilines is 1. The minimum atomic E-state index is -0.341. The summed E-state index contributed by atoms with van der Waals surface area (Å²) >= 11 is 11.2. The van der Waals surface area contributed by atoms with Gasteiger partial charge in [-0.3, -0.25) is 4.68 Å². The van der Waals surface area contributed by atoms with Gasteiger partial charge in [0.1, 0.15) is 5.82 Å². The average molecular weight is 341 g/mol. The summed E-state index contributed by atoms with van der Waals surface area (Å²) in [6, 6.07) is 4.92. The van der Waals surface area contributed by atoms with Gasteiger partial charge in [0.25, 0.3) is 0 Å². The highest BCUT2D eigenvalue weighted by Gasteiger charge is 2.09. The Morgan fingerprint density at radius 2 is 2.27 bits per heavy atom. The van der Waals surface area contributed by atoms with Crippen LogP contribution in [-0.2, 0) is 6.54 Å². The van der Waals surface area contributed by atoms with Crippen molar-refractivity contribution >= 4 is 34.6 Å². The van der Waals surface area contributed by atoms with Gasteiger partial charge in [0.15, 0.2) is 5.11 Å². The fourth-order valence-corrected chi connectivity index (χ4v) is 2.39. The van der Waals surface area contributed by atoms with Crippen LogP contribution in [0, 0.1) is 5.82 Å². The van der Waals surface area contributed by atoms with Gasteiger partial charge in [-0.25, -0.2) is 4.39 Å². The van der Waals surface area contributed by atoms with E-state index in [0.717, 1.165) is 12.1 Å². The molecule has 22 heavy (non-hydrogen) atoms. The first-order valence-corrected chi connectivity index (χ1v) is 7.81. The van der Waals surface area contributed by atoms with Gasteiger partial charge in [-0.2, -0.15) is 5.10 Å². The van der Waals surface area contributed by atoms with Crippen LogP contribution in [-0.4, -0.2) is 20.9 Å². The molecule has 7 heteroatoms. The molecule has 0 aliphatic carbocycles. The Morgan fingerprint density at radius 3 is 2.95 bits per heavy atom. The van der Waals surface area contributed by atoms with Gasteiger partial charge in [-0.1, -0.05) is 24.6 Å². The van der Waals surface area contributed by atoms with E-state index in [0.29, 0.717) is 21.7 Å². The van der Waals surface area contributed by atoms with E-state index in [1.807, 2.05) is 0 Å². The number of thiocarbonyl (C=S) groups is 1. The standard InChI is InChI=1S/C15H18ClFN4S/c1-3-10(2)19-15(22)20-11-7-18-21(8-11)9-12-13(16)5-4-6-14(12)17/h4-8,10H,3,9H2,1-2H3,(H2,19,20,22). The van der Waals surface area contributed by atoms with Gasteiger partial charge in [0.05, 0.1) is 18.4 Å². The molecule has 0 aliphatic rings. The first kappa shape index (κ1) is 16.7. The fourth-order valence-electron chi connectivity index (χ4n) is 1.85. The first-order chi connectivity index (χ1) is 10.5. The summed E-state index contributed by atoms with van der Waals surface area (Å²) in [5, 5.41) is 11.3. The van der Waals surface area contributed by atoms with Crippen LogP contribution in [0.4, 0.5) is 10.1 Å². The number of benzene rings is 1. The summed E-state index contributed by atoms with van der Waals surface area (Å²) in [5.74, 6) is -0.341. The highest BCUT2D eigenvalue weighted by atomic mass is 35.5. The zero-order valence-corrected chi connectivity index (χ0v) is 14.0. The van der Waals surface area contributed by atoms with Gasteiger partial charge >= 0.3 is 0 Å². The van der Waals surface area contributed by atoms with Crippen LogP contribution in [0.3, 0.4) is 0 Å². The molecule has 1 atom stereocenters. The Hall–Kier alpha value is -1.66. The summed E-state index contributed by atoms with van der Waals surface area (Å²) in [6.45, 7) is 4.40. The lowest BCUT2D eigenvalue weighted by Gasteiger charge is -2.14. The molecule has 0 bridgehead atoms. The molecule has 2 aromatic rings. The molecule has 0 saturated heterocycles. The highest BCUT2D eigenvalue weighted by molar-refractivity contribution is 7.80. The van der Waals surface area contributed by atoms with Crippen molar-refractivity contribution in [1.82, 2.24) is 15.1 Å². The van der Waals surface area contributed by atoms with E-state index in [4.69, 9.17) is 23.8 Å². The quantitative estimate of drug-likeness (QED) is 0.812. The SMILES string of the molecule is CCC(C)NC(=S)Nc1cnn(Cc2c(F)cccc2Cl)c1. The van der Waals surface area contributed by atoms with E-state index in [2.05, 4.69) is 29.6 Å². The molecule has 118 valence electrons. The highest BCUT2D eigenvalue weighted by Crippen LogP contribution is 2.20. The van der Waals surface area contributed by atoms with Crippen molar-refractivity contribution in [2.45, 2.75) is 32.9 Å². The molecule has 2 rings (SSSR count). The Kier molecular flexibility index (Phi) is 5.74. The number of hydrogen-bond acceptors (Lipinski definition) is 2.